The summed E-state index contributed by atoms with van der Waals surface area (Å²) in [4.78, 5) is 12.2. The molecule has 0 radical (unpaired) electrons. The van der Waals surface area contributed by atoms with Crippen molar-refractivity contribution in [3.8, 4) is 0 Å². The van der Waals surface area contributed by atoms with E-state index in [1.54, 1.807) is 18.2 Å². The predicted molar refractivity (Wildman–Crippen MR) is 79.9 cm³/mol. The van der Waals surface area contributed by atoms with Crippen molar-refractivity contribution >= 4 is 23.2 Å². The number of nitrogens with two attached hydrogens (primary N) is 1. The molecule has 1 heterocycles. The fourth-order valence-electron chi connectivity index (χ4n) is 2.11. The minimum Gasteiger partial charge on any atom is -0.466 e. The molecular formula is C15H17ClN2O2. The van der Waals surface area contributed by atoms with Crippen LogP contribution < -0.4 is 11.1 Å². The van der Waals surface area contributed by atoms with E-state index < -0.39 is 0 Å². The van der Waals surface area contributed by atoms with Gasteiger partial charge in [-0.15, -0.1) is 0 Å². The maximum atomic E-state index is 12.2. The maximum absolute atomic E-state index is 12.2. The zero-order valence-corrected chi connectivity index (χ0v) is 12.4. The van der Waals surface area contributed by atoms with Gasteiger partial charge in [-0.1, -0.05) is 11.6 Å². The Balaban J connectivity index is 2.15. The van der Waals surface area contributed by atoms with Crippen LogP contribution in [0.25, 0.3) is 0 Å². The van der Waals surface area contributed by atoms with E-state index >= 15 is 0 Å². The minimum absolute atomic E-state index is 0.142. The lowest BCUT2D eigenvalue weighted by Gasteiger charge is -2.13. The Labute approximate surface area is 122 Å². The third-order valence-corrected chi connectivity index (χ3v) is 3.48. The van der Waals surface area contributed by atoms with E-state index in [0.717, 1.165) is 17.1 Å². The molecule has 1 amide bonds. The molecule has 0 aliphatic rings. The normalized spacial score (nSPS) is 12.2. The van der Waals surface area contributed by atoms with E-state index in [1.807, 2.05) is 26.8 Å². The number of nitrogens with one attached hydrogen (secondary N) is 1. The van der Waals surface area contributed by atoms with Crippen LogP contribution in [0.15, 0.2) is 28.7 Å². The third kappa shape index (κ3) is 2.96. The van der Waals surface area contributed by atoms with Crippen molar-refractivity contribution in [2.24, 2.45) is 0 Å². The van der Waals surface area contributed by atoms with Gasteiger partial charge in [-0.2, -0.15) is 0 Å². The van der Waals surface area contributed by atoms with Crippen molar-refractivity contribution in [3.63, 3.8) is 0 Å². The third-order valence-electron chi connectivity index (χ3n) is 3.16. The summed E-state index contributed by atoms with van der Waals surface area (Å²) >= 11 is 5.92. The first-order valence-electron chi connectivity index (χ1n) is 6.31. The highest BCUT2D eigenvalue weighted by Gasteiger charge is 2.16. The molecule has 20 heavy (non-hydrogen) atoms. The van der Waals surface area contributed by atoms with Crippen LogP contribution in [0.3, 0.4) is 0 Å². The fourth-order valence-corrected chi connectivity index (χ4v) is 2.29. The second-order valence-electron chi connectivity index (χ2n) is 4.80. The van der Waals surface area contributed by atoms with E-state index in [0.29, 0.717) is 16.3 Å². The van der Waals surface area contributed by atoms with Gasteiger partial charge in [-0.25, -0.2) is 0 Å². The van der Waals surface area contributed by atoms with E-state index in [-0.39, 0.29) is 11.9 Å². The quantitative estimate of drug-likeness (QED) is 0.849. The average molecular weight is 293 g/mol. The van der Waals surface area contributed by atoms with Crippen LogP contribution in [-0.2, 0) is 0 Å². The number of carbonyl (C=O) groups excluding carboxylic acids is 1. The molecule has 5 heteroatoms. The van der Waals surface area contributed by atoms with Crippen molar-refractivity contribution < 1.29 is 9.21 Å². The van der Waals surface area contributed by atoms with Crippen LogP contribution in [0.5, 0.6) is 0 Å². The molecule has 106 valence electrons. The van der Waals surface area contributed by atoms with Crippen molar-refractivity contribution in [2.45, 2.75) is 26.8 Å². The van der Waals surface area contributed by atoms with Gasteiger partial charge in [0.1, 0.15) is 11.5 Å². The fraction of sp³-hybridized carbons (Fsp3) is 0.267. The first kappa shape index (κ1) is 14.5. The molecular weight excluding hydrogens is 276 g/mol. The predicted octanol–water partition coefficient (Wildman–Crippen LogP) is 3.62. The van der Waals surface area contributed by atoms with Crippen molar-refractivity contribution in [3.05, 3.63) is 51.9 Å². The van der Waals surface area contributed by atoms with E-state index in [1.165, 1.54) is 0 Å². The van der Waals surface area contributed by atoms with Gasteiger partial charge >= 0.3 is 0 Å². The van der Waals surface area contributed by atoms with Gasteiger partial charge < -0.3 is 15.5 Å². The number of hydrogen-bond acceptors (Lipinski definition) is 3. The van der Waals surface area contributed by atoms with Gasteiger partial charge in [-0.05, 0) is 45.0 Å². The van der Waals surface area contributed by atoms with Crippen LogP contribution in [0.4, 0.5) is 5.69 Å². The van der Waals surface area contributed by atoms with Gasteiger partial charge in [0, 0.05) is 11.1 Å². The molecule has 0 bridgehead atoms. The Kier molecular flexibility index (Phi) is 4.04. The number of anilines is 1. The summed E-state index contributed by atoms with van der Waals surface area (Å²) in [6, 6.07) is 6.62. The zero-order chi connectivity index (χ0) is 14.9. The van der Waals surface area contributed by atoms with E-state index in [4.69, 9.17) is 21.8 Å². The summed E-state index contributed by atoms with van der Waals surface area (Å²) in [5.41, 5.74) is 7.53. The van der Waals surface area contributed by atoms with Crippen molar-refractivity contribution in [1.82, 2.24) is 5.32 Å². The number of benzene rings is 1. The monoisotopic (exact) mass is 292 g/mol. The van der Waals surface area contributed by atoms with Gasteiger partial charge in [0.15, 0.2) is 0 Å². The van der Waals surface area contributed by atoms with Crippen LogP contribution in [0, 0.1) is 13.8 Å². The summed E-state index contributed by atoms with van der Waals surface area (Å²) in [5.74, 6) is 1.44. The molecule has 2 rings (SSSR count). The molecule has 1 aromatic heterocycles. The Morgan fingerprint density at radius 2 is 2.05 bits per heavy atom. The number of rotatable bonds is 3. The molecule has 1 atom stereocenters. The van der Waals surface area contributed by atoms with Gasteiger partial charge in [0.2, 0.25) is 0 Å². The highest BCUT2D eigenvalue weighted by molar-refractivity contribution is 6.33. The number of amides is 1. The number of nitrogen functional groups attached to an aromatic ring is 1. The topological polar surface area (TPSA) is 68.3 Å². The first-order chi connectivity index (χ1) is 9.38. The lowest BCUT2D eigenvalue weighted by Crippen LogP contribution is -2.26. The molecule has 0 saturated heterocycles. The Morgan fingerprint density at radius 3 is 2.60 bits per heavy atom. The number of hydrogen-bond donors (Lipinski definition) is 2. The molecule has 0 saturated carbocycles. The largest absolute Gasteiger partial charge is 0.466 e. The molecule has 0 aliphatic carbocycles. The zero-order valence-electron chi connectivity index (χ0n) is 11.7. The molecule has 0 fully saturated rings. The van der Waals surface area contributed by atoms with E-state index in [2.05, 4.69) is 5.32 Å². The number of carbonyl (C=O) groups is 1. The SMILES string of the molecule is Cc1cc(C(C)NC(=O)c2ccc(N)c(Cl)c2)c(C)o1. The summed E-state index contributed by atoms with van der Waals surface area (Å²) in [7, 11) is 0. The van der Waals surface area contributed by atoms with Crippen LogP contribution >= 0.6 is 11.6 Å². The lowest BCUT2D eigenvalue weighted by atomic mass is 10.1. The molecule has 0 aliphatic heterocycles. The van der Waals surface area contributed by atoms with Crippen LogP contribution in [0.2, 0.25) is 5.02 Å². The smallest absolute Gasteiger partial charge is 0.251 e. The molecule has 2 aromatic rings. The summed E-state index contributed by atoms with van der Waals surface area (Å²) in [6.45, 7) is 5.67. The maximum Gasteiger partial charge on any atom is 0.251 e. The summed E-state index contributed by atoms with van der Waals surface area (Å²) in [6.07, 6.45) is 0. The second-order valence-corrected chi connectivity index (χ2v) is 5.21. The lowest BCUT2D eigenvalue weighted by molar-refractivity contribution is 0.0940. The van der Waals surface area contributed by atoms with Gasteiger partial charge in [-0.3, -0.25) is 4.79 Å². The Hall–Kier alpha value is -1.94. The summed E-state index contributed by atoms with van der Waals surface area (Å²) < 4.78 is 5.47. The van der Waals surface area contributed by atoms with Gasteiger partial charge in [0.05, 0.1) is 16.8 Å². The molecule has 1 unspecified atom stereocenters. The number of furan rings is 1. The Morgan fingerprint density at radius 1 is 1.35 bits per heavy atom. The molecule has 3 N–H and O–H groups in total. The van der Waals surface area contributed by atoms with Crippen molar-refractivity contribution in [1.29, 1.82) is 0 Å². The standard InChI is InChI=1S/C15H17ClN2O2/c1-8-6-12(10(3)20-8)9(2)18-15(19)11-4-5-14(17)13(16)7-11/h4-7,9H,17H2,1-3H3,(H,18,19). The summed E-state index contributed by atoms with van der Waals surface area (Å²) in [5, 5.41) is 3.29. The number of halogens is 1. The molecule has 1 aromatic carbocycles. The van der Waals surface area contributed by atoms with Crippen LogP contribution in [-0.4, -0.2) is 5.91 Å². The Bertz CT molecular complexity index is 649. The highest BCUT2D eigenvalue weighted by atomic mass is 35.5. The van der Waals surface area contributed by atoms with E-state index in [9.17, 15) is 4.79 Å². The first-order valence-corrected chi connectivity index (χ1v) is 6.69. The molecule has 4 nitrogen and oxygen atoms in total. The second kappa shape index (κ2) is 5.59. The molecule has 0 spiro atoms. The average Bonchev–Trinajstić information content (AvgIpc) is 2.71. The van der Waals surface area contributed by atoms with Crippen molar-refractivity contribution in [2.75, 3.05) is 5.73 Å². The minimum atomic E-state index is -0.197. The number of aryl methyl sites for hydroxylation is 2. The van der Waals surface area contributed by atoms with Gasteiger partial charge in [0.25, 0.3) is 5.91 Å². The van der Waals surface area contributed by atoms with Crippen LogP contribution in [0.1, 0.15) is 40.4 Å². The highest BCUT2D eigenvalue weighted by Crippen LogP contribution is 2.23.